The molecule has 4 nitrogen and oxygen atoms in total. The molecule has 0 bridgehead atoms. The Bertz CT molecular complexity index is 1860. The number of aliphatic hydroxyl groups excluding tert-OH is 1. The van der Waals surface area contributed by atoms with Gasteiger partial charge in [0.15, 0.2) is 5.78 Å². The van der Waals surface area contributed by atoms with Crippen molar-refractivity contribution in [3.63, 3.8) is 0 Å². The molecule has 0 unspecified atom stereocenters. The van der Waals surface area contributed by atoms with Gasteiger partial charge in [-0.2, -0.15) is 0 Å². The van der Waals surface area contributed by atoms with E-state index in [1.54, 1.807) is 6.07 Å². The molecule has 0 saturated carbocycles. The predicted molar refractivity (Wildman–Crippen MR) is 189 cm³/mol. The summed E-state index contributed by atoms with van der Waals surface area (Å²) >= 11 is 0. The number of aromatic nitrogens is 1. The van der Waals surface area contributed by atoms with Gasteiger partial charge in [-0.3, -0.25) is 9.78 Å². The largest absolute Gasteiger partial charge is 0.512 e. The average molecular weight is 817 g/mol. The van der Waals surface area contributed by atoms with Crippen LogP contribution in [0.3, 0.4) is 0 Å². The fourth-order valence-electron chi connectivity index (χ4n) is 5.57. The van der Waals surface area contributed by atoms with Crippen molar-refractivity contribution in [3.05, 3.63) is 83.9 Å². The molecule has 0 atom stereocenters. The first-order valence-electron chi connectivity index (χ1n) is 16.2. The second-order valence-corrected chi connectivity index (χ2v) is 18.5. The molecule has 2 heterocycles. The van der Waals surface area contributed by atoms with Crippen LogP contribution in [0.4, 0.5) is 4.39 Å². The maximum Gasteiger partial charge on any atom is 0.164 e. The summed E-state index contributed by atoms with van der Waals surface area (Å²) in [6.07, 6.45) is 4.83. The minimum absolute atomic E-state index is 0. The average Bonchev–Trinajstić information content (AvgIpc) is 3.37. The van der Waals surface area contributed by atoms with Gasteiger partial charge in [0.05, 0.1) is 24.9 Å². The number of benzene rings is 3. The van der Waals surface area contributed by atoms with Crippen molar-refractivity contribution in [1.29, 1.82) is 0 Å². The van der Waals surface area contributed by atoms with Crippen LogP contribution in [0.5, 0.6) is 0 Å². The molecule has 0 aliphatic heterocycles. The summed E-state index contributed by atoms with van der Waals surface area (Å²) in [6, 6.07) is 20.8. The molecule has 7 heteroatoms. The first-order valence-corrected chi connectivity index (χ1v) is 19.7. The molecule has 2 aromatic heterocycles. The van der Waals surface area contributed by atoms with Gasteiger partial charge in [0.25, 0.3) is 0 Å². The molecule has 0 fully saturated rings. The quantitative estimate of drug-likeness (QED) is 0.0697. The van der Waals surface area contributed by atoms with Crippen LogP contribution in [0, 0.1) is 30.1 Å². The number of aryl methyl sites for hydroxylation is 1. The minimum Gasteiger partial charge on any atom is -0.512 e. The van der Waals surface area contributed by atoms with Crippen molar-refractivity contribution in [2.75, 3.05) is 0 Å². The molecule has 5 aromatic rings. The Balaban J connectivity index is 0.000000293. The normalized spacial score (nSPS) is 12.4. The van der Waals surface area contributed by atoms with Crippen molar-refractivity contribution >= 4 is 51.9 Å². The molecule has 1 N–H and O–H groups in total. The van der Waals surface area contributed by atoms with E-state index in [-0.39, 0.29) is 48.8 Å². The van der Waals surface area contributed by atoms with Gasteiger partial charge in [0, 0.05) is 49.0 Å². The van der Waals surface area contributed by atoms with Gasteiger partial charge in [-0.15, -0.1) is 17.7 Å². The third kappa shape index (κ3) is 8.05. The van der Waals surface area contributed by atoms with Gasteiger partial charge in [-0.05, 0) is 55.0 Å². The molecule has 0 spiro atoms. The molecule has 5 rings (SSSR count). The summed E-state index contributed by atoms with van der Waals surface area (Å²) in [4.78, 5) is 16.9. The molecule has 247 valence electrons. The van der Waals surface area contributed by atoms with E-state index in [1.807, 2.05) is 53.7 Å². The third-order valence-corrected chi connectivity index (χ3v) is 11.3. The SMILES string of the molecule is CCC(CC)/C(O)=C/C(=O)C(C)(CC)CC.Cc1[c-]c(-c2ccc3cc([Si](C)(C)C)ccc3n2)c2oc3cc(F)ccc3c2c1.[Ir]. The number of furan rings is 1. The van der Waals surface area contributed by atoms with Gasteiger partial charge >= 0.3 is 0 Å². The van der Waals surface area contributed by atoms with Crippen molar-refractivity contribution in [1.82, 2.24) is 4.98 Å². The standard InChI is InChI=1S/C25H21FNOSi.C14H26O2.Ir/c1-15-11-20-19-8-6-17(26)14-24(19)28-25(20)21(12-15)23-9-5-16-13-18(29(2,3)4)7-10-22(16)27-23;1-6-11(7-2)12(15)10-13(16)14(5,8-3)9-4;/h5-11,13-14H,1-4H3;10-11,15H,6-9H2,1-5H3;/q-1;;/b;12-10-;. The summed E-state index contributed by atoms with van der Waals surface area (Å²) in [5.74, 6) is 0.132. The maximum absolute atomic E-state index is 13.7. The van der Waals surface area contributed by atoms with Crippen LogP contribution in [0.1, 0.15) is 65.9 Å². The number of hydrogen-bond donors (Lipinski definition) is 1. The van der Waals surface area contributed by atoms with Gasteiger partial charge in [-0.25, -0.2) is 4.39 Å². The number of hydrogen-bond acceptors (Lipinski definition) is 4. The first-order chi connectivity index (χ1) is 21.2. The second kappa shape index (κ2) is 15.2. The Morgan fingerprint density at radius 1 is 1.00 bits per heavy atom. The summed E-state index contributed by atoms with van der Waals surface area (Å²) in [7, 11) is -1.38. The van der Waals surface area contributed by atoms with E-state index in [4.69, 9.17) is 9.40 Å². The number of aliphatic hydroxyl groups is 1. The number of carbonyl (C=O) groups excluding carboxylic acids is 1. The van der Waals surface area contributed by atoms with Gasteiger partial charge in [-0.1, -0.05) is 102 Å². The predicted octanol–water partition coefficient (Wildman–Crippen LogP) is 10.9. The van der Waals surface area contributed by atoms with Crippen molar-refractivity contribution < 1.29 is 38.8 Å². The zero-order valence-corrected chi connectivity index (χ0v) is 32.0. The monoisotopic (exact) mass is 817 g/mol. The van der Waals surface area contributed by atoms with Gasteiger partial charge < -0.3 is 9.52 Å². The Morgan fingerprint density at radius 3 is 2.28 bits per heavy atom. The van der Waals surface area contributed by atoms with Gasteiger partial charge in [0.2, 0.25) is 0 Å². The topological polar surface area (TPSA) is 63.3 Å². The van der Waals surface area contributed by atoms with Crippen LogP contribution in [0.25, 0.3) is 44.1 Å². The molecule has 1 radical (unpaired) electrons. The first kappa shape index (κ1) is 37.3. The van der Waals surface area contributed by atoms with Crippen LogP contribution in [0.2, 0.25) is 19.6 Å². The zero-order valence-electron chi connectivity index (χ0n) is 28.6. The summed E-state index contributed by atoms with van der Waals surface area (Å²) in [5, 5.41) is 14.3. The molecule has 0 aliphatic rings. The number of nitrogens with zero attached hydrogens (tertiary/aromatic N) is 1. The molecule has 46 heavy (non-hydrogen) atoms. The molecule has 0 saturated heterocycles. The summed E-state index contributed by atoms with van der Waals surface area (Å²) < 4.78 is 19.7. The van der Waals surface area contributed by atoms with E-state index in [2.05, 4.69) is 50.0 Å². The molecular formula is C39H47FIrNO3Si-. The minimum atomic E-state index is -1.38. The Hall–Kier alpha value is -3.12. The van der Waals surface area contributed by atoms with E-state index >= 15 is 0 Å². The van der Waals surface area contributed by atoms with E-state index in [1.165, 1.54) is 23.4 Å². The van der Waals surface area contributed by atoms with E-state index < -0.39 is 8.07 Å². The van der Waals surface area contributed by atoms with Crippen molar-refractivity contribution in [2.24, 2.45) is 11.3 Å². The van der Waals surface area contributed by atoms with Crippen LogP contribution < -0.4 is 5.19 Å². The Labute approximate surface area is 287 Å². The van der Waals surface area contributed by atoms with E-state index in [0.29, 0.717) is 11.2 Å². The van der Waals surface area contributed by atoms with E-state index in [0.717, 1.165) is 64.2 Å². The Morgan fingerprint density at radius 2 is 1.67 bits per heavy atom. The van der Waals surface area contributed by atoms with Crippen LogP contribution in [-0.4, -0.2) is 23.9 Å². The number of pyridine rings is 1. The van der Waals surface area contributed by atoms with Crippen molar-refractivity contribution in [2.45, 2.75) is 86.9 Å². The maximum atomic E-state index is 13.7. The second-order valence-electron chi connectivity index (χ2n) is 13.4. The zero-order chi connectivity index (χ0) is 33.1. The molecule has 0 aliphatic carbocycles. The van der Waals surface area contributed by atoms with Crippen LogP contribution in [-0.2, 0) is 24.9 Å². The summed E-state index contributed by atoms with van der Waals surface area (Å²) in [5.41, 5.74) is 4.49. The van der Waals surface area contributed by atoms with Crippen molar-refractivity contribution in [3.8, 4) is 11.3 Å². The fraction of sp³-hybridized carbons (Fsp3) is 0.385. The number of carbonyl (C=O) groups is 1. The van der Waals surface area contributed by atoms with Crippen LogP contribution >= 0.6 is 0 Å². The number of rotatable bonds is 9. The third-order valence-electron chi connectivity index (χ3n) is 9.25. The molecule has 0 amide bonds. The molecular weight excluding hydrogens is 770 g/mol. The number of ketones is 1. The number of fused-ring (bicyclic) bond motifs is 4. The fourth-order valence-corrected chi connectivity index (χ4v) is 6.74. The molecule has 3 aromatic carbocycles. The smallest absolute Gasteiger partial charge is 0.164 e. The Kier molecular flexibility index (Phi) is 12.3. The van der Waals surface area contributed by atoms with E-state index in [9.17, 15) is 14.3 Å². The van der Waals surface area contributed by atoms with Crippen LogP contribution in [0.15, 0.2) is 70.8 Å². The van der Waals surface area contributed by atoms with Gasteiger partial charge in [0.1, 0.15) is 11.4 Å². The summed E-state index contributed by atoms with van der Waals surface area (Å²) in [6.45, 7) is 19.1. The number of halogens is 1. The number of allylic oxidation sites excluding steroid dienone is 2.